The molecule has 0 aliphatic carbocycles. The van der Waals surface area contributed by atoms with E-state index in [4.69, 9.17) is 0 Å². The summed E-state index contributed by atoms with van der Waals surface area (Å²) in [5, 5.41) is 0. The van der Waals surface area contributed by atoms with Crippen LogP contribution in [0.15, 0.2) is 44.8 Å². The standard InChI is InChI=1S/C16H21N3O4S/c1-6-18-13-8-7-12(24(22,23)17(4)5)9-14(13)19(10-11(2)3)16(21)15(18)20/h7-9H,2,6,10H2,1,3-5H3. The molecule has 2 rings (SSSR count). The number of fused-ring (bicyclic) bond motifs is 1. The number of hydrogen-bond acceptors (Lipinski definition) is 4. The molecule has 7 nitrogen and oxygen atoms in total. The van der Waals surface area contributed by atoms with E-state index in [0.29, 0.717) is 23.2 Å². The topological polar surface area (TPSA) is 81.4 Å². The van der Waals surface area contributed by atoms with Crippen molar-refractivity contribution in [2.45, 2.75) is 31.8 Å². The minimum Gasteiger partial charge on any atom is -0.302 e. The monoisotopic (exact) mass is 351 g/mol. The van der Waals surface area contributed by atoms with Crippen LogP contribution in [0.2, 0.25) is 0 Å². The lowest BCUT2D eigenvalue weighted by molar-refractivity contribution is 0.521. The molecule has 0 spiro atoms. The van der Waals surface area contributed by atoms with Crippen LogP contribution >= 0.6 is 0 Å². The molecule has 0 saturated carbocycles. The van der Waals surface area contributed by atoms with E-state index in [9.17, 15) is 18.0 Å². The fraction of sp³-hybridized carbons (Fsp3) is 0.375. The van der Waals surface area contributed by atoms with Crippen LogP contribution in [0.25, 0.3) is 11.0 Å². The van der Waals surface area contributed by atoms with E-state index in [1.54, 1.807) is 19.9 Å². The Balaban J connectivity index is 2.98. The molecule has 130 valence electrons. The molecule has 0 atom stereocenters. The highest BCUT2D eigenvalue weighted by Crippen LogP contribution is 2.20. The highest BCUT2D eigenvalue weighted by molar-refractivity contribution is 7.89. The van der Waals surface area contributed by atoms with Crippen molar-refractivity contribution >= 4 is 21.1 Å². The third kappa shape index (κ3) is 2.94. The summed E-state index contributed by atoms with van der Waals surface area (Å²) in [6, 6.07) is 4.43. The molecule has 8 heteroatoms. The van der Waals surface area contributed by atoms with Crippen molar-refractivity contribution in [2.75, 3.05) is 14.1 Å². The van der Waals surface area contributed by atoms with Gasteiger partial charge in [-0.1, -0.05) is 12.2 Å². The van der Waals surface area contributed by atoms with Crippen molar-refractivity contribution in [3.05, 3.63) is 51.1 Å². The second kappa shape index (κ2) is 6.37. The van der Waals surface area contributed by atoms with Crippen molar-refractivity contribution < 1.29 is 8.42 Å². The summed E-state index contributed by atoms with van der Waals surface area (Å²) in [7, 11) is -0.772. The third-order valence-corrected chi connectivity index (χ3v) is 5.54. The number of allylic oxidation sites excluding steroid dienone is 1. The number of benzene rings is 1. The second-order valence-electron chi connectivity index (χ2n) is 5.84. The first-order chi connectivity index (χ1) is 11.1. The smallest absolute Gasteiger partial charge is 0.302 e. The molecular formula is C16H21N3O4S. The van der Waals surface area contributed by atoms with Crippen LogP contribution in [0.4, 0.5) is 0 Å². The first kappa shape index (κ1) is 18.2. The van der Waals surface area contributed by atoms with Gasteiger partial charge in [-0.15, -0.1) is 0 Å². The zero-order valence-electron chi connectivity index (χ0n) is 14.2. The average Bonchev–Trinajstić information content (AvgIpc) is 2.51. The molecule has 0 fully saturated rings. The van der Waals surface area contributed by atoms with Gasteiger partial charge in [0.2, 0.25) is 10.0 Å². The highest BCUT2D eigenvalue weighted by Gasteiger charge is 2.20. The quantitative estimate of drug-likeness (QED) is 0.595. The molecule has 2 aromatic rings. The van der Waals surface area contributed by atoms with Crippen LogP contribution in [0, 0.1) is 0 Å². The van der Waals surface area contributed by atoms with E-state index < -0.39 is 21.1 Å². The molecule has 0 saturated heterocycles. The molecule has 0 aliphatic heterocycles. The van der Waals surface area contributed by atoms with Crippen LogP contribution in [0.1, 0.15) is 13.8 Å². The van der Waals surface area contributed by atoms with Gasteiger partial charge in [-0.05, 0) is 32.0 Å². The Morgan fingerprint density at radius 1 is 1.12 bits per heavy atom. The molecule has 0 aliphatic rings. The van der Waals surface area contributed by atoms with Gasteiger partial charge in [-0.2, -0.15) is 0 Å². The summed E-state index contributed by atoms with van der Waals surface area (Å²) in [5.41, 5.74) is 0.280. The molecule has 0 bridgehead atoms. The molecule has 0 amide bonds. The van der Waals surface area contributed by atoms with E-state index in [0.717, 1.165) is 4.31 Å². The Morgan fingerprint density at radius 2 is 1.71 bits per heavy atom. The normalized spacial score (nSPS) is 12.0. The second-order valence-corrected chi connectivity index (χ2v) is 7.99. The average molecular weight is 351 g/mol. The number of aryl methyl sites for hydroxylation is 1. The third-order valence-electron chi connectivity index (χ3n) is 3.72. The zero-order chi connectivity index (χ0) is 18.2. The number of sulfonamides is 1. The van der Waals surface area contributed by atoms with Crippen molar-refractivity contribution in [1.29, 1.82) is 0 Å². The van der Waals surface area contributed by atoms with E-state index in [2.05, 4.69) is 6.58 Å². The van der Waals surface area contributed by atoms with E-state index in [1.165, 1.54) is 35.4 Å². The maximum absolute atomic E-state index is 12.4. The van der Waals surface area contributed by atoms with Gasteiger partial charge in [0.25, 0.3) is 0 Å². The van der Waals surface area contributed by atoms with Crippen LogP contribution in [-0.4, -0.2) is 36.0 Å². The Bertz CT molecular complexity index is 1030. The van der Waals surface area contributed by atoms with Gasteiger partial charge in [0, 0.05) is 27.2 Å². The first-order valence-corrected chi connectivity index (χ1v) is 8.89. The number of hydrogen-bond donors (Lipinski definition) is 0. The van der Waals surface area contributed by atoms with Gasteiger partial charge in [-0.25, -0.2) is 12.7 Å². The maximum atomic E-state index is 12.4. The summed E-state index contributed by atoms with van der Waals surface area (Å²) in [4.78, 5) is 24.8. The van der Waals surface area contributed by atoms with Crippen LogP contribution in [-0.2, 0) is 23.1 Å². The summed E-state index contributed by atoms with van der Waals surface area (Å²) in [6.07, 6.45) is 0. The van der Waals surface area contributed by atoms with Crippen molar-refractivity contribution in [3.63, 3.8) is 0 Å². The highest BCUT2D eigenvalue weighted by atomic mass is 32.2. The maximum Gasteiger partial charge on any atom is 0.317 e. The van der Waals surface area contributed by atoms with E-state index in [1.807, 2.05) is 0 Å². The van der Waals surface area contributed by atoms with Crippen LogP contribution in [0.3, 0.4) is 0 Å². The Morgan fingerprint density at radius 3 is 2.21 bits per heavy atom. The zero-order valence-corrected chi connectivity index (χ0v) is 15.1. The molecule has 1 aromatic heterocycles. The number of aromatic nitrogens is 2. The van der Waals surface area contributed by atoms with Gasteiger partial charge in [0.15, 0.2) is 0 Å². The fourth-order valence-electron chi connectivity index (χ4n) is 2.51. The molecule has 24 heavy (non-hydrogen) atoms. The first-order valence-electron chi connectivity index (χ1n) is 7.45. The van der Waals surface area contributed by atoms with Gasteiger partial charge >= 0.3 is 11.1 Å². The molecular weight excluding hydrogens is 330 g/mol. The van der Waals surface area contributed by atoms with Crippen LogP contribution < -0.4 is 11.1 Å². The van der Waals surface area contributed by atoms with E-state index in [-0.39, 0.29) is 11.4 Å². The predicted molar refractivity (Wildman–Crippen MR) is 93.8 cm³/mol. The van der Waals surface area contributed by atoms with Gasteiger partial charge in [-0.3, -0.25) is 14.2 Å². The summed E-state index contributed by atoms with van der Waals surface area (Å²) < 4.78 is 28.5. The van der Waals surface area contributed by atoms with Gasteiger partial charge < -0.3 is 4.57 Å². The lowest BCUT2D eigenvalue weighted by atomic mass is 10.2. The molecule has 0 unspecified atom stereocenters. The van der Waals surface area contributed by atoms with Crippen LogP contribution in [0.5, 0.6) is 0 Å². The molecule has 1 aromatic carbocycles. The number of rotatable bonds is 5. The van der Waals surface area contributed by atoms with Crippen molar-refractivity contribution in [3.8, 4) is 0 Å². The Labute approximate surface area is 140 Å². The summed E-state index contributed by atoms with van der Waals surface area (Å²) in [5.74, 6) is 0. The number of nitrogens with zero attached hydrogens (tertiary/aromatic N) is 3. The lowest BCUT2D eigenvalue weighted by Crippen LogP contribution is -2.41. The van der Waals surface area contributed by atoms with E-state index >= 15 is 0 Å². The summed E-state index contributed by atoms with van der Waals surface area (Å²) >= 11 is 0. The van der Waals surface area contributed by atoms with Crippen molar-refractivity contribution in [2.24, 2.45) is 0 Å². The predicted octanol–water partition coefficient (Wildman–Crippen LogP) is 1.01. The van der Waals surface area contributed by atoms with Gasteiger partial charge in [0.05, 0.1) is 15.9 Å². The fourth-order valence-corrected chi connectivity index (χ4v) is 3.43. The van der Waals surface area contributed by atoms with Crippen molar-refractivity contribution in [1.82, 2.24) is 13.4 Å². The molecule has 1 heterocycles. The Hall–Kier alpha value is -2.19. The molecule has 0 radical (unpaired) electrons. The largest absolute Gasteiger partial charge is 0.317 e. The SMILES string of the molecule is C=C(C)Cn1c(=O)c(=O)n(CC)c2ccc(S(=O)(=O)N(C)C)cc21. The minimum absolute atomic E-state index is 0.0659. The minimum atomic E-state index is -3.65. The molecule has 0 N–H and O–H groups in total. The lowest BCUT2D eigenvalue weighted by Gasteiger charge is -2.16. The summed E-state index contributed by atoms with van der Waals surface area (Å²) in [6.45, 7) is 7.74. The Kier molecular flexibility index (Phi) is 4.82. The van der Waals surface area contributed by atoms with Gasteiger partial charge in [0.1, 0.15) is 0 Å².